The Morgan fingerprint density at radius 3 is 1.37 bits per heavy atom. The van der Waals surface area contributed by atoms with Crippen molar-refractivity contribution in [3.05, 3.63) is 182 Å². The van der Waals surface area contributed by atoms with Gasteiger partial charge >= 0.3 is 0 Å². The summed E-state index contributed by atoms with van der Waals surface area (Å²) in [6.45, 7) is 0. The maximum Gasteiger partial charge on any atom is 0.167 e. The molecule has 4 heterocycles. The van der Waals surface area contributed by atoms with Crippen molar-refractivity contribution in [3.63, 3.8) is 0 Å². The summed E-state index contributed by atoms with van der Waals surface area (Å²) >= 11 is 0. The fourth-order valence-electron chi connectivity index (χ4n) is 8.59. The molecule has 4 aromatic heterocycles. The lowest BCUT2D eigenvalue weighted by atomic mass is 9.95. The Morgan fingerprint density at radius 1 is 0.333 bits per heavy atom. The highest BCUT2D eigenvalue weighted by atomic mass is 16.3. The standard InChI is InChI=1S/C51H30N4O2/c1-3-15-31(16-4-1)49-52-50(32-17-5-2-6-18-32)54-51(53-49)39-25-11-23-37-45-35(21-13-29-43(45)56-47(37)39)36-22-14-30-44-46(36)38-24-12-28-42(48(38)57-44)55-40-26-9-7-19-33(40)34-20-8-10-27-41(34)55/h1-30H. The Balaban J connectivity index is 1.08. The van der Waals surface area contributed by atoms with Gasteiger partial charge in [0.1, 0.15) is 16.7 Å². The second-order valence-electron chi connectivity index (χ2n) is 14.3. The van der Waals surface area contributed by atoms with Crippen molar-refractivity contribution in [1.82, 2.24) is 19.5 Å². The van der Waals surface area contributed by atoms with Crippen LogP contribution in [-0.2, 0) is 0 Å². The average Bonchev–Trinajstić information content (AvgIpc) is 3.97. The third-order valence-electron chi connectivity index (χ3n) is 11.1. The highest BCUT2D eigenvalue weighted by Gasteiger charge is 2.23. The van der Waals surface area contributed by atoms with Gasteiger partial charge in [0.05, 0.1) is 22.3 Å². The first-order valence-electron chi connectivity index (χ1n) is 19.0. The van der Waals surface area contributed by atoms with Crippen LogP contribution in [-0.4, -0.2) is 19.5 Å². The maximum atomic E-state index is 6.85. The number of para-hydroxylation sites is 4. The van der Waals surface area contributed by atoms with Crippen molar-refractivity contribution in [2.24, 2.45) is 0 Å². The van der Waals surface area contributed by atoms with Crippen LogP contribution in [0.15, 0.2) is 191 Å². The van der Waals surface area contributed by atoms with E-state index in [1.165, 1.54) is 10.8 Å². The van der Waals surface area contributed by atoms with Gasteiger partial charge in [0.25, 0.3) is 0 Å². The Morgan fingerprint density at radius 2 is 0.772 bits per heavy atom. The van der Waals surface area contributed by atoms with Crippen molar-refractivity contribution in [2.75, 3.05) is 0 Å². The van der Waals surface area contributed by atoms with Gasteiger partial charge in [-0.25, -0.2) is 15.0 Å². The number of furan rings is 2. The van der Waals surface area contributed by atoms with Gasteiger partial charge in [0.15, 0.2) is 23.1 Å². The van der Waals surface area contributed by atoms with E-state index in [1.54, 1.807) is 0 Å². The van der Waals surface area contributed by atoms with Crippen LogP contribution < -0.4 is 0 Å². The first kappa shape index (κ1) is 31.5. The number of rotatable bonds is 5. The fourth-order valence-corrected chi connectivity index (χ4v) is 8.59. The average molecular weight is 731 g/mol. The van der Waals surface area contributed by atoms with Gasteiger partial charge in [-0.3, -0.25) is 0 Å². The molecule has 0 unspecified atom stereocenters. The molecule has 6 nitrogen and oxygen atoms in total. The molecule has 0 N–H and O–H groups in total. The summed E-state index contributed by atoms with van der Waals surface area (Å²) in [4.78, 5) is 15.0. The van der Waals surface area contributed by atoms with E-state index in [0.717, 1.165) is 88.4 Å². The summed E-state index contributed by atoms with van der Waals surface area (Å²) in [7, 11) is 0. The third-order valence-corrected chi connectivity index (χ3v) is 11.1. The molecule has 0 spiro atoms. The lowest BCUT2D eigenvalue weighted by Crippen LogP contribution is -2.00. The molecule has 57 heavy (non-hydrogen) atoms. The van der Waals surface area contributed by atoms with E-state index in [-0.39, 0.29) is 0 Å². The minimum absolute atomic E-state index is 0.550. The predicted molar refractivity (Wildman–Crippen MR) is 230 cm³/mol. The van der Waals surface area contributed by atoms with E-state index in [0.29, 0.717) is 17.5 Å². The SMILES string of the molecule is c1ccc(-c2nc(-c3ccccc3)nc(-c3cccc4c3oc3cccc(-c5cccc6oc7c(-n8c9ccccc9c9ccccc98)cccc7c56)c34)n2)cc1. The third kappa shape index (κ3) is 4.81. The van der Waals surface area contributed by atoms with Crippen molar-refractivity contribution in [2.45, 2.75) is 0 Å². The predicted octanol–water partition coefficient (Wildman–Crippen LogP) is 13.4. The molecule has 0 saturated carbocycles. The number of fused-ring (bicyclic) bond motifs is 9. The van der Waals surface area contributed by atoms with Crippen molar-refractivity contribution in [3.8, 4) is 51.0 Å². The molecule has 0 aliphatic heterocycles. The zero-order chi connectivity index (χ0) is 37.5. The molecule has 0 aliphatic rings. The molecule has 0 saturated heterocycles. The lowest BCUT2D eigenvalue weighted by molar-refractivity contribution is 0.666. The van der Waals surface area contributed by atoms with Crippen LogP contribution in [0.4, 0.5) is 0 Å². The highest BCUT2D eigenvalue weighted by molar-refractivity contribution is 6.21. The minimum atomic E-state index is 0.550. The Bertz CT molecular complexity index is 3410. The number of hydrogen-bond donors (Lipinski definition) is 0. The van der Waals surface area contributed by atoms with Crippen LogP contribution in [0.3, 0.4) is 0 Å². The van der Waals surface area contributed by atoms with Gasteiger partial charge in [-0.2, -0.15) is 0 Å². The van der Waals surface area contributed by atoms with Crippen molar-refractivity contribution >= 4 is 65.7 Å². The van der Waals surface area contributed by atoms with Crippen molar-refractivity contribution < 1.29 is 8.83 Å². The monoisotopic (exact) mass is 730 g/mol. The number of hydrogen-bond acceptors (Lipinski definition) is 5. The van der Waals surface area contributed by atoms with Crippen LogP contribution in [0.25, 0.3) is 117 Å². The molecular weight excluding hydrogens is 701 g/mol. The molecule has 0 radical (unpaired) electrons. The second-order valence-corrected chi connectivity index (χ2v) is 14.3. The van der Waals surface area contributed by atoms with E-state index < -0.39 is 0 Å². The normalized spacial score (nSPS) is 11.9. The minimum Gasteiger partial charge on any atom is -0.455 e. The van der Waals surface area contributed by atoms with Crippen LogP contribution in [0, 0.1) is 0 Å². The summed E-state index contributed by atoms with van der Waals surface area (Å²) in [5, 5.41) is 6.55. The molecule has 266 valence electrons. The van der Waals surface area contributed by atoms with Gasteiger partial charge in [-0.15, -0.1) is 0 Å². The molecule has 0 aliphatic carbocycles. The molecule has 0 bridgehead atoms. The summed E-state index contributed by atoms with van der Waals surface area (Å²) in [6, 6.07) is 62.5. The van der Waals surface area contributed by atoms with E-state index >= 15 is 0 Å². The molecule has 12 rings (SSSR count). The molecule has 0 fully saturated rings. The lowest BCUT2D eigenvalue weighted by Gasteiger charge is -2.09. The number of nitrogens with zero attached hydrogens (tertiary/aromatic N) is 4. The first-order valence-corrected chi connectivity index (χ1v) is 19.0. The summed E-state index contributed by atoms with van der Waals surface area (Å²) in [5.41, 5.74) is 11.2. The van der Waals surface area contributed by atoms with Gasteiger partial charge in [-0.05, 0) is 47.5 Å². The fraction of sp³-hybridized carbons (Fsp3) is 0. The molecule has 6 heteroatoms. The summed E-state index contributed by atoms with van der Waals surface area (Å²) < 4.78 is 16.0. The van der Waals surface area contributed by atoms with E-state index in [4.69, 9.17) is 23.8 Å². The zero-order valence-electron chi connectivity index (χ0n) is 30.4. The summed E-state index contributed by atoms with van der Waals surface area (Å²) in [6.07, 6.45) is 0. The summed E-state index contributed by atoms with van der Waals surface area (Å²) in [5.74, 6) is 1.76. The number of aromatic nitrogens is 4. The molecule has 0 amide bonds. The van der Waals surface area contributed by atoms with Crippen LogP contribution in [0.1, 0.15) is 0 Å². The quantitative estimate of drug-likeness (QED) is 0.176. The molecule has 12 aromatic rings. The highest BCUT2D eigenvalue weighted by Crippen LogP contribution is 2.45. The first-order chi connectivity index (χ1) is 28.3. The zero-order valence-corrected chi connectivity index (χ0v) is 30.4. The van der Waals surface area contributed by atoms with Gasteiger partial charge < -0.3 is 13.4 Å². The van der Waals surface area contributed by atoms with Crippen LogP contribution in [0.5, 0.6) is 0 Å². The van der Waals surface area contributed by atoms with Crippen LogP contribution in [0.2, 0.25) is 0 Å². The smallest absolute Gasteiger partial charge is 0.167 e. The van der Waals surface area contributed by atoms with Gasteiger partial charge in [-0.1, -0.05) is 146 Å². The van der Waals surface area contributed by atoms with E-state index in [1.807, 2.05) is 72.8 Å². The van der Waals surface area contributed by atoms with Gasteiger partial charge in [0.2, 0.25) is 0 Å². The maximum absolute atomic E-state index is 6.85. The Hall–Kier alpha value is -7.83. The van der Waals surface area contributed by atoms with Crippen LogP contribution >= 0.6 is 0 Å². The largest absolute Gasteiger partial charge is 0.455 e. The van der Waals surface area contributed by atoms with E-state index in [2.05, 4.69) is 114 Å². The number of benzene rings is 8. The van der Waals surface area contributed by atoms with E-state index in [9.17, 15) is 0 Å². The van der Waals surface area contributed by atoms with Crippen molar-refractivity contribution in [1.29, 1.82) is 0 Å². The molecule has 8 aromatic carbocycles. The molecular formula is C51H30N4O2. The second kappa shape index (κ2) is 12.3. The Kier molecular flexibility index (Phi) is 6.83. The topological polar surface area (TPSA) is 69.9 Å². The molecule has 0 atom stereocenters. The van der Waals surface area contributed by atoms with Gasteiger partial charge in [0, 0.05) is 43.4 Å². The Labute approximate surface area is 325 Å².